The molecule has 1 aromatic carbocycles. The lowest BCUT2D eigenvalue weighted by Crippen LogP contribution is -2.36. The Balaban J connectivity index is 1.61. The van der Waals surface area contributed by atoms with Gasteiger partial charge in [-0.05, 0) is 44.0 Å². The van der Waals surface area contributed by atoms with Crippen molar-refractivity contribution in [3.05, 3.63) is 35.9 Å². The van der Waals surface area contributed by atoms with E-state index in [0.717, 1.165) is 19.0 Å². The second-order valence-electron chi connectivity index (χ2n) is 5.58. The lowest BCUT2D eigenvalue weighted by Gasteiger charge is -2.29. The molecule has 1 saturated heterocycles. The van der Waals surface area contributed by atoms with Crippen LogP contribution in [0.5, 0.6) is 0 Å². The van der Waals surface area contributed by atoms with Crippen LogP contribution in [0.4, 0.5) is 0 Å². The largest absolute Gasteiger partial charge is 0.312 e. The van der Waals surface area contributed by atoms with Gasteiger partial charge in [0, 0.05) is 13.1 Å². The minimum atomic E-state index is 0.742. The van der Waals surface area contributed by atoms with Gasteiger partial charge in [-0.25, -0.2) is 0 Å². The van der Waals surface area contributed by atoms with Crippen molar-refractivity contribution in [2.24, 2.45) is 5.92 Å². The Hall–Kier alpha value is -0.860. The maximum absolute atomic E-state index is 3.56. The van der Waals surface area contributed by atoms with Crippen LogP contribution in [0.15, 0.2) is 30.3 Å². The molecule has 1 atom stereocenters. The molecule has 2 nitrogen and oxygen atoms in total. The van der Waals surface area contributed by atoms with Gasteiger partial charge in [-0.1, -0.05) is 43.7 Å². The average molecular weight is 246 g/mol. The van der Waals surface area contributed by atoms with E-state index in [2.05, 4.69) is 47.5 Å². The van der Waals surface area contributed by atoms with E-state index in [1.807, 2.05) is 0 Å². The summed E-state index contributed by atoms with van der Waals surface area (Å²) in [7, 11) is 0. The van der Waals surface area contributed by atoms with Crippen molar-refractivity contribution < 1.29 is 0 Å². The molecular formula is C16H26N2. The van der Waals surface area contributed by atoms with Crippen molar-refractivity contribution in [3.63, 3.8) is 0 Å². The van der Waals surface area contributed by atoms with Gasteiger partial charge in [-0.15, -0.1) is 0 Å². The summed E-state index contributed by atoms with van der Waals surface area (Å²) < 4.78 is 0. The molecule has 1 aromatic rings. The number of nitrogens with one attached hydrogen (secondary N) is 1. The molecule has 1 N–H and O–H groups in total. The number of rotatable bonds is 6. The first-order valence-corrected chi connectivity index (χ1v) is 7.31. The predicted octanol–water partition coefficient (Wildman–Crippen LogP) is 2.90. The number of piperidine rings is 1. The van der Waals surface area contributed by atoms with Crippen molar-refractivity contribution in [3.8, 4) is 0 Å². The Morgan fingerprint density at radius 3 is 2.56 bits per heavy atom. The summed E-state index contributed by atoms with van der Waals surface area (Å²) in [6.07, 6.45) is 4.21. The van der Waals surface area contributed by atoms with Crippen LogP contribution >= 0.6 is 0 Å². The van der Waals surface area contributed by atoms with E-state index < -0.39 is 0 Å². The summed E-state index contributed by atoms with van der Waals surface area (Å²) in [6.45, 7) is 8.33. The molecule has 18 heavy (non-hydrogen) atoms. The zero-order valence-electron chi connectivity index (χ0n) is 11.6. The van der Waals surface area contributed by atoms with Gasteiger partial charge in [0.05, 0.1) is 0 Å². The van der Waals surface area contributed by atoms with Crippen LogP contribution in [-0.2, 0) is 6.54 Å². The third-order valence-electron chi connectivity index (χ3n) is 3.68. The van der Waals surface area contributed by atoms with E-state index in [9.17, 15) is 0 Å². The van der Waals surface area contributed by atoms with E-state index in [0.29, 0.717) is 0 Å². The van der Waals surface area contributed by atoms with Gasteiger partial charge in [-0.3, -0.25) is 0 Å². The molecule has 1 fully saturated rings. The Bertz CT molecular complexity index is 317. The molecule has 1 heterocycles. The van der Waals surface area contributed by atoms with Crippen molar-refractivity contribution in [1.82, 2.24) is 10.2 Å². The molecule has 0 amide bonds. The fourth-order valence-electron chi connectivity index (χ4n) is 2.71. The molecule has 1 unspecified atom stereocenters. The van der Waals surface area contributed by atoms with Crippen LogP contribution < -0.4 is 5.32 Å². The quantitative estimate of drug-likeness (QED) is 0.830. The topological polar surface area (TPSA) is 15.3 Å². The number of benzene rings is 1. The molecule has 0 radical (unpaired) electrons. The van der Waals surface area contributed by atoms with Crippen LogP contribution in [0.2, 0.25) is 0 Å². The van der Waals surface area contributed by atoms with Crippen LogP contribution in [0.3, 0.4) is 0 Å². The minimum absolute atomic E-state index is 0.742. The van der Waals surface area contributed by atoms with Crippen molar-refractivity contribution in [1.29, 1.82) is 0 Å². The Kier molecular flexibility index (Phi) is 5.69. The van der Waals surface area contributed by atoms with E-state index in [4.69, 9.17) is 0 Å². The van der Waals surface area contributed by atoms with Gasteiger partial charge in [-0.2, -0.15) is 0 Å². The van der Waals surface area contributed by atoms with Gasteiger partial charge >= 0.3 is 0 Å². The van der Waals surface area contributed by atoms with Gasteiger partial charge in [0.25, 0.3) is 0 Å². The SMILES string of the molecule is CC(CNCc1ccccc1)CN1CCCCC1. The first-order valence-electron chi connectivity index (χ1n) is 7.31. The van der Waals surface area contributed by atoms with Crippen LogP contribution in [0, 0.1) is 5.92 Å². The monoisotopic (exact) mass is 246 g/mol. The highest BCUT2D eigenvalue weighted by atomic mass is 15.1. The second kappa shape index (κ2) is 7.55. The number of hydrogen-bond acceptors (Lipinski definition) is 2. The fourth-order valence-corrected chi connectivity index (χ4v) is 2.71. The molecule has 0 saturated carbocycles. The molecule has 2 heteroatoms. The summed E-state index contributed by atoms with van der Waals surface area (Å²) in [5.41, 5.74) is 1.38. The lowest BCUT2D eigenvalue weighted by atomic mass is 10.1. The number of nitrogens with zero attached hydrogens (tertiary/aromatic N) is 1. The first kappa shape index (κ1) is 13.6. The van der Waals surface area contributed by atoms with E-state index >= 15 is 0 Å². The average Bonchev–Trinajstić information content (AvgIpc) is 2.41. The van der Waals surface area contributed by atoms with Gasteiger partial charge in [0.2, 0.25) is 0 Å². The molecule has 100 valence electrons. The zero-order chi connectivity index (χ0) is 12.6. The highest BCUT2D eigenvalue weighted by Crippen LogP contribution is 2.10. The summed E-state index contributed by atoms with van der Waals surface area (Å²) in [4.78, 5) is 2.62. The van der Waals surface area contributed by atoms with E-state index in [1.54, 1.807) is 0 Å². The molecule has 2 rings (SSSR count). The highest BCUT2D eigenvalue weighted by Gasteiger charge is 2.12. The summed E-state index contributed by atoms with van der Waals surface area (Å²) in [6, 6.07) is 10.6. The molecular weight excluding hydrogens is 220 g/mol. The van der Waals surface area contributed by atoms with Gasteiger partial charge in [0.15, 0.2) is 0 Å². The standard InChI is InChI=1S/C16H26N2/c1-15(14-18-10-6-3-7-11-18)12-17-13-16-8-4-2-5-9-16/h2,4-5,8-9,15,17H,3,6-7,10-14H2,1H3. The third kappa shape index (κ3) is 4.79. The summed E-state index contributed by atoms with van der Waals surface area (Å²) in [5, 5.41) is 3.56. The molecule has 0 bridgehead atoms. The van der Waals surface area contributed by atoms with Crippen molar-refractivity contribution in [2.75, 3.05) is 26.2 Å². The van der Waals surface area contributed by atoms with Crippen LogP contribution in [0.1, 0.15) is 31.7 Å². The molecule has 1 aliphatic rings. The number of hydrogen-bond donors (Lipinski definition) is 1. The highest BCUT2D eigenvalue weighted by molar-refractivity contribution is 5.14. The normalized spacial score (nSPS) is 18.7. The number of likely N-dealkylation sites (tertiary alicyclic amines) is 1. The van der Waals surface area contributed by atoms with Crippen molar-refractivity contribution in [2.45, 2.75) is 32.7 Å². The fraction of sp³-hybridized carbons (Fsp3) is 0.625. The van der Waals surface area contributed by atoms with Gasteiger partial charge in [0.1, 0.15) is 0 Å². The zero-order valence-corrected chi connectivity index (χ0v) is 11.6. The third-order valence-corrected chi connectivity index (χ3v) is 3.68. The van der Waals surface area contributed by atoms with E-state index in [1.165, 1.54) is 44.5 Å². The Morgan fingerprint density at radius 2 is 1.83 bits per heavy atom. The maximum Gasteiger partial charge on any atom is 0.0205 e. The smallest absolute Gasteiger partial charge is 0.0205 e. The second-order valence-corrected chi connectivity index (χ2v) is 5.58. The Morgan fingerprint density at radius 1 is 1.11 bits per heavy atom. The Labute approximate surface area is 111 Å². The van der Waals surface area contributed by atoms with E-state index in [-0.39, 0.29) is 0 Å². The summed E-state index contributed by atoms with van der Waals surface area (Å²) in [5.74, 6) is 0.742. The first-order chi connectivity index (χ1) is 8.84. The molecule has 0 aliphatic carbocycles. The predicted molar refractivity (Wildman–Crippen MR) is 77.6 cm³/mol. The van der Waals surface area contributed by atoms with Gasteiger partial charge < -0.3 is 10.2 Å². The summed E-state index contributed by atoms with van der Waals surface area (Å²) >= 11 is 0. The van der Waals surface area contributed by atoms with Crippen LogP contribution in [0.25, 0.3) is 0 Å². The van der Waals surface area contributed by atoms with Crippen molar-refractivity contribution >= 4 is 0 Å². The lowest BCUT2D eigenvalue weighted by molar-refractivity contribution is 0.199. The van der Waals surface area contributed by atoms with Crippen LogP contribution in [-0.4, -0.2) is 31.1 Å². The maximum atomic E-state index is 3.56. The molecule has 0 aromatic heterocycles. The molecule has 1 aliphatic heterocycles. The minimum Gasteiger partial charge on any atom is -0.312 e. The molecule has 0 spiro atoms.